The van der Waals surface area contributed by atoms with Gasteiger partial charge in [-0.1, -0.05) is 99.1 Å². The standard InChI is InChI=1S/C30H36O6SSi/c1-22-15-17-25(18-16-22)37(33,34)35-24-19-23(29(2,3)4)20-30(21-24,28(31)32)36-38(26-11-7-5-8-12-26)27-13-9-6-10-14-27/h5-18,23-24,38H,19-21H2,1-4H3,(H,31,32)/t23-,24+,30+/m1/s1. The fraction of sp³-hybridized carbons (Fsp3) is 0.367. The second-order valence-electron chi connectivity index (χ2n) is 11.3. The van der Waals surface area contributed by atoms with E-state index >= 15 is 0 Å². The molecular formula is C30H36O6SSi. The van der Waals surface area contributed by atoms with Gasteiger partial charge in [0.1, 0.15) is 0 Å². The molecule has 38 heavy (non-hydrogen) atoms. The minimum absolute atomic E-state index is 0.0524. The van der Waals surface area contributed by atoms with E-state index in [9.17, 15) is 18.3 Å². The molecule has 3 atom stereocenters. The Hall–Kier alpha value is -2.78. The van der Waals surface area contributed by atoms with Crippen LogP contribution < -0.4 is 10.4 Å². The summed E-state index contributed by atoms with van der Waals surface area (Å²) in [6.45, 7) is 8.02. The SMILES string of the molecule is Cc1ccc(S(=O)(=O)O[C@H]2C[C@@H](C(C)(C)C)C[C@@](O[SiH](c3ccccc3)c3ccccc3)(C(=O)O)C2)cc1. The molecule has 0 amide bonds. The summed E-state index contributed by atoms with van der Waals surface area (Å²) in [5, 5.41) is 12.6. The van der Waals surface area contributed by atoms with Crippen LogP contribution in [0.3, 0.4) is 0 Å². The molecule has 1 aliphatic carbocycles. The summed E-state index contributed by atoms with van der Waals surface area (Å²) in [7, 11) is -6.55. The largest absolute Gasteiger partial charge is 0.479 e. The molecule has 1 saturated carbocycles. The summed E-state index contributed by atoms with van der Waals surface area (Å²) in [5.41, 5.74) is -0.937. The average Bonchev–Trinajstić information content (AvgIpc) is 2.87. The van der Waals surface area contributed by atoms with Crippen molar-refractivity contribution in [1.82, 2.24) is 0 Å². The number of hydrogen-bond donors (Lipinski definition) is 1. The van der Waals surface area contributed by atoms with Crippen LogP contribution in [-0.2, 0) is 23.5 Å². The zero-order valence-electron chi connectivity index (χ0n) is 22.3. The number of aliphatic carboxylic acids is 1. The number of benzene rings is 3. The lowest BCUT2D eigenvalue weighted by atomic mass is 9.66. The van der Waals surface area contributed by atoms with E-state index in [0.29, 0.717) is 6.42 Å². The van der Waals surface area contributed by atoms with Gasteiger partial charge in [0, 0.05) is 6.42 Å². The number of rotatable bonds is 8. The van der Waals surface area contributed by atoms with Gasteiger partial charge >= 0.3 is 5.97 Å². The second-order valence-corrected chi connectivity index (χ2v) is 15.2. The fourth-order valence-electron chi connectivity index (χ4n) is 5.14. The molecule has 4 rings (SSSR count). The van der Waals surface area contributed by atoms with Gasteiger partial charge in [0.25, 0.3) is 10.1 Å². The number of carbonyl (C=O) groups is 1. The zero-order valence-corrected chi connectivity index (χ0v) is 24.3. The minimum atomic E-state index is -4.09. The molecule has 6 nitrogen and oxygen atoms in total. The van der Waals surface area contributed by atoms with Gasteiger partial charge in [-0.3, -0.25) is 4.18 Å². The van der Waals surface area contributed by atoms with Crippen LogP contribution in [-0.4, -0.2) is 40.2 Å². The summed E-state index contributed by atoms with van der Waals surface area (Å²) in [6, 6.07) is 25.9. The molecule has 1 aliphatic rings. The number of aryl methyl sites for hydroxylation is 1. The van der Waals surface area contributed by atoms with Crippen molar-refractivity contribution in [1.29, 1.82) is 0 Å². The first-order valence-electron chi connectivity index (χ1n) is 12.9. The van der Waals surface area contributed by atoms with Crippen molar-refractivity contribution >= 4 is 35.5 Å². The van der Waals surface area contributed by atoms with Crippen LogP contribution >= 0.6 is 0 Å². The third kappa shape index (κ3) is 6.43. The maximum Gasteiger partial charge on any atom is 0.334 e. The number of carboxylic acids is 1. The predicted molar refractivity (Wildman–Crippen MR) is 151 cm³/mol. The van der Waals surface area contributed by atoms with Crippen molar-refractivity contribution in [3.05, 3.63) is 90.5 Å². The van der Waals surface area contributed by atoms with Crippen LogP contribution in [0.1, 0.15) is 45.6 Å². The average molecular weight is 553 g/mol. The molecule has 3 aromatic rings. The molecule has 0 aromatic heterocycles. The molecule has 0 aliphatic heterocycles. The molecule has 0 saturated heterocycles. The molecular weight excluding hydrogens is 516 g/mol. The van der Waals surface area contributed by atoms with E-state index in [0.717, 1.165) is 15.9 Å². The van der Waals surface area contributed by atoms with Gasteiger partial charge in [0.2, 0.25) is 9.04 Å². The molecule has 0 heterocycles. The Kier molecular flexibility index (Phi) is 8.28. The minimum Gasteiger partial charge on any atom is -0.479 e. The van der Waals surface area contributed by atoms with Gasteiger partial charge < -0.3 is 9.53 Å². The van der Waals surface area contributed by atoms with Gasteiger partial charge in [-0.2, -0.15) is 8.42 Å². The second kappa shape index (κ2) is 11.1. The van der Waals surface area contributed by atoms with E-state index in [1.165, 1.54) is 12.1 Å². The zero-order chi connectivity index (χ0) is 27.6. The van der Waals surface area contributed by atoms with Crippen molar-refractivity contribution in [3.63, 3.8) is 0 Å². The Balaban J connectivity index is 1.73. The third-order valence-corrected chi connectivity index (χ3v) is 11.5. The monoisotopic (exact) mass is 552 g/mol. The van der Waals surface area contributed by atoms with Crippen LogP contribution in [0.5, 0.6) is 0 Å². The Morgan fingerprint density at radius 1 is 0.895 bits per heavy atom. The van der Waals surface area contributed by atoms with Crippen LogP contribution in [0.2, 0.25) is 0 Å². The van der Waals surface area contributed by atoms with Crippen LogP contribution in [0.4, 0.5) is 0 Å². The van der Waals surface area contributed by atoms with Gasteiger partial charge in [0.15, 0.2) is 5.60 Å². The molecule has 8 heteroatoms. The van der Waals surface area contributed by atoms with E-state index in [-0.39, 0.29) is 29.1 Å². The summed E-state index contributed by atoms with van der Waals surface area (Å²) in [6.07, 6.45) is -0.185. The van der Waals surface area contributed by atoms with Gasteiger partial charge in [-0.15, -0.1) is 0 Å². The Morgan fingerprint density at radius 3 is 1.89 bits per heavy atom. The Labute approximate surface area is 227 Å². The summed E-state index contributed by atoms with van der Waals surface area (Å²) in [5.74, 6) is -1.22. The van der Waals surface area contributed by atoms with Gasteiger partial charge in [-0.25, -0.2) is 4.79 Å². The van der Waals surface area contributed by atoms with Gasteiger partial charge in [-0.05, 0) is 53.6 Å². The van der Waals surface area contributed by atoms with Crippen LogP contribution in [0.25, 0.3) is 0 Å². The predicted octanol–water partition coefficient (Wildman–Crippen LogP) is 4.29. The lowest BCUT2D eigenvalue weighted by Gasteiger charge is -2.46. The lowest BCUT2D eigenvalue weighted by molar-refractivity contribution is -0.166. The van der Waals surface area contributed by atoms with Crippen molar-refractivity contribution in [2.45, 2.75) is 63.6 Å². The van der Waals surface area contributed by atoms with Gasteiger partial charge in [0.05, 0.1) is 11.0 Å². The van der Waals surface area contributed by atoms with Crippen LogP contribution in [0, 0.1) is 18.3 Å². The highest BCUT2D eigenvalue weighted by atomic mass is 32.2. The highest BCUT2D eigenvalue weighted by Gasteiger charge is 2.52. The number of carboxylic acid groups (broad SMARTS) is 1. The normalized spacial score (nSPS) is 22.3. The maximum absolute atomic E-state index is 13.2. The highest BCUT2D eigenvalue weighted by Crippen LogP contribution is 2.45. The van der Waals surface area contributed by atoms with Crippen LogP contribution in [0.15, 0.2) is 89.8 Å². The topological polar surface area (TPSA) is 89.9 Å². The molecule has 0 bridgehead atoms. The third-order valence-electron chi connectivity index (χ3n) is 7.42. The van der Waals surface area contributed by atoms with Crippen molar-refractivity contribution in [2.75, 3.05) is 0 Å². The molecule has 1 N–H and O–H groups in total. The molecule has 0 spiro atoms. The van der Waals surface area contributed by atoms with E-state index in [1.54, 1.807) is 12.1 Å². The van der Waals surface area contributed by atoms with Crippen molar-refractivity contribution in [2.24, 2.45) is 11.3 Å². The lowest BCUT2D eigenvalue weighted by Crippen LogP contribution is -2.59. The van der Waals surface area contributed by atoms with E-state index in [1.807, 2.05) is 88.4 Å². The van der Waals surface area contributed by atoms with E-state index in [4.69, 9.17) is 8.61 Å². The highest BCUT2D eigenvalue weighted by molar-refractivity contribution is 7.86. The fourth-order valence-corrected chi connectivity index (χ4v) is 8.77. The first kappa shape index (κ1) is 28.2. The van der Waals surface area contributed by atoms with E-state index < -0.39 is 36.8 Å². The van der Waals surface area contributed by atoms with Crippen molar-refractivity contribution < 1.29 is 26.9 Å². The molecule has 202 valence electrons. The first-order valence-corrected chi connectivity index (χ1v) is 15.9. The molecule has 0 unspecified atom stereocenters. The molecule has 1 fully saturated rings. The smallest absolute Gasteiger partial charge is 0.334 e. The van der Waals surface area contributed by atoms with E-state index in [2.05, 4.69) is 0 Å². The summed E-state index contributed by atoms with van der Waals surface area (Å²) >= 11 is 0. The molecule has 3 aromatic carbocycles. The molecule has 0 radical (unpaired) electrons. The summed E-state index contributed by atoms with van der Waals surface area (Å²) < 4.78 is 39.0. The first-order chi connectivity index (χ1) is 17.9. The Morgan fingerprint density at radius 2 is 1.42 bits per heavy atom. The maximum atomic E-state index is 13.2. The van der Waals surface area contributed by atoms with Crippen molar-refractivity contribution in [3.8, 4) is 0 Å². The quantitative estimate of drug-likeness (QED) is 0.331. The summed E-state index contributed by atoms with van der Waals surface area (Å²) in [4.78, 5) is 13.1. The Bertz CT molecular complexity index is 1300. The number of hydrogen-bond acceptors (Lipinski definition) is 5.